The number of hydrazine groups is 1. The van der Waals surface area contributed by atoms with E-state index in [-0.39, 0.29) is 31.0 Å². The number of carbonyl (C=O) groups is 2. The Labute approximate surface area is 116 Å². The van der Waals surface area contributed by atoms with Crippen LogP contribution in [0.4, 0.5) is 4.79 Å². The van der Waals surface area contributed by atoms with Crippen LogP contribution >= 0.6 is 0 Å². The fourth-order valence-electron chi connectivity index (χ4n) is 2.01. The molecule has 1 fully saturated rings. The Balaban J connectivity index is 2.22. The molecule has 0 spiro atoms. The van der Waals surface area contributed by atoms with Gasteiger partial charge in [-0.05, 0) is 19.8 Å². The first-order valence-electron chi connectivity index (χ1n) is 6.62. The maximum Gasteiger partial charge on any atom is 0.317 e. The van der Waals surface area contributed by atoms with Gasteiger partial charge < -0.3 is 15.0 Å². The van der Waals surface area contributed by atoms with E-state index in [1.54, 1.807) is 11.8 Å². The van der Waals surface area contributed by atoms with E-state index in [0.717, 1.165) is 0 Å². The third-order valence-electron chi connectivity index (χ3n) is 3.04. The number of nitro groups is 1. The lowest BCUT2D eigenvalue weighted by Crippen LogP contribution is -2.47. The number of piperidine rings is 1. The third kappa shape index (κ3) is 5.29. The van der Waals surface area contributed by atoms with Crippen LogP contribution in [0, 0.1) is 16.0 Å². The molecule has 0 aromatic heterocycles. The second-order valence-corrected chi connectivity index (χ2v) is 4.41. The van der Waals surface area contributed by atoms with Crippen LogP contribution < -0.4 is 10.7 Å². The number of likely N-dealkylation sites (tertiary alicyclic amines) is 1. The zero-order valence-electron chi connectivity index (χ0n) is 11.5. The summed E-state index contributed by atoms with van der Waals surface area (Å²) in [5.74, 6) is -0.349. The SMILES string of the molecule is CCOC(=O)C1CCN(C(=O)NCCN[N+](=O)[O-])CC1. The Morgan fingerprint density at radius 2 is 2.00 bits per heavy atom. The van der Waals surface area contributed by atoms with Crippen molar-refractivity contribution in [2.75, 3.05) is 32.8 Å². The molecule has 0 aromatic rings. The van der Waals surface area contributed by atoms with Crippen LogP contribution in [0.3, 0.4) is 0 Å². The predicted octanol–water partition coefficient (Wildman–Crippen LogP) is -0.248. The molecule has 2 amide bonds. The molecule has 0 aromatic carbocycles. The van der Waals surface area contributed by atoms with Crippen molar-refractivity contribution >= 4 is 12.0 Å². The van der Waals surface area contributed by atoms with E-state index in [9.17, 15) is 19.7 Å². The molecule has 0 aliphatic carbocycles. The van der Waals surface area contributed by atoms with Crippen molar-refractivity contribution in [1.82, 2.24) is 15.6 Å². The van der Waals surface area contributed by atoms with Gasteiger partial charge in [-0.1, -0.05) is 0 Å². The summed E-state index contributed by atoms with van der Waals surface area (Å²) < 4.78 is 4.95. The van der Waals surface area contributed by atoms with Crippen LogP contribution in [-0.4, -0.2) is 54.7 Å². The van der Waals surface area contributed by atoms with Crippen molar-refractivity contribution in [3.05, 3.63) is 10.1 Å². The number of nitrogens with zero attached hydrogens (tertiary/aromatic N) is 2. The molecule has 0 radical (unpaired) electrons. The predicted molar refractivity (Wildman–Crippen MR) is 69.3 cm³/mol. The van der Waals surface area contributed by atoms with Crippen LogP contribution in [0.1, 0.15) is 19.8 Å². The number of carbonyl (C=O) groups excluding carboxylic acids is 2. The molecule has 1 aliphatic heterocycles. The number of rotatable bonds is 6. The Hall–Kier alpha value is -2.06. The van der Waals surface area contributed by atoms with Gasteiger partial charge in [0.25, 0.3) is 0 Å². The number of amides is 2. The summed E-state index contributed by atoms with van der Waals surface area (Å²) in [6, 6.07) is -0.266. The summed E-state index contributed by atoms with van der Waals surface area (Å²) in [5, 5.41) is 12.0. The van der Waals surface area contributed by atoms with Gasteiger partial charge >= 0.3 is 12.0 Å². The molecule has 0 unspecified atom stereocenters. The number of nitrogens with one attached hydrogen (secondary N) is 2. The quantitative estimate of drug-likeness (QED) is 0.301. The van der Waals surface area contributed by atoms with E-state index < -0.39 is 5.03 Å². The van der Waals surface area contributed by atoms with Crippen LogP contribution in [0.2, 0.25) is 0 Å². The Bertz CT molecular complexity index is 355. The second kappa shape index (κ2) is 8.18. The highest BCUT2D eigenvalue weighted by Crippen LogP contribution is 2.18. The molecular formula is C11H20N4O5. The average Bonchev–Trinajstić information content (AvgIpc) is 2.43. The summed E-state index contributed by atoms with van der Waals surface area (Å²) in [7, 11) is 0. The second-order valence-electron chi connectivity index (χ2n) is 4.41. The number of urea groups is 1. The molecule has 9 nitrogen and oxygen atoms in total. The lowest BCUT2D eigenvalue weighted by molar-refractivity contribution is -0.543. The van der Waals surface area contributed by atoms with E-state index in [0.29, 0.717) is 32.5 Å². The number of hydrogen-bond acceptors (Lipinski definition) is 5. The van der Waals surface area contributed by atoms with Gasteiger partial charge in [-0.25, -0.2) is 14.9 Å². The summed E-state index contributed by atoms with van der Waals surface area (Å²) in [6.45, 7) is 3.34. The fourth-order valence-corrected chi connectivity index (χ4v) is 2.01. The highest BCUT2D eigenvalue weighted by Gasteiger charge is 2.27. The maximum absolute atomic E-state index is 11.7. The van der Waals surface area contributed by atoms with E-state index in [2.05, 4.69) is 5.32 Å². The van der Waals surface area contributed by atoms with Crippen LogP contribution in [-0.2, 0) is 9.53 Å². The van der Waals surface area contributed by atoms with Crippen LogP contribution in [0.15, 0.2) is 0 Å². The monoisotopic (exact) mass is 288 g/mol. The van der Waals surface area contributed by atoms with Gasteiger partial charge in [0.15, 0.2) is 5.03 Å². The maximum atomic E-state index is 11.7. The molecule has 1 aliphatic rings. The molecule has 1 rings (SSSR count). The summed E-state index contributed by atoms with van der Waals surface area (Å²) in [6.07, 6.45) is 1.17. The summed E-state index contributed by atoms with van der Waals surface area (Å²) >= 11 is 0. The van der Waals surface area contributed by atoms with Gasteiger partial charge in [0.2, 0.25) is 0 Å². The van der Waals surface area contributed by atoms with Gasteiger partial charge in [0.05, 0.1) is 19.1 Å². The molecule has 1 heterocycles. The summed E-state index contributed by atoms with van der Waals surface area (Å²) in [4.78, 5) is 34.9. The van der Waals surface area contributed by atoms with Gasteiger partial charge in [0, 0.05) is 19.6 Å². The van der Waals surface area contributed by atoms with Crippen molar-refractivity contribution in [2.24, 2.45) is 5.92 Å². The number of hydrogen-bond donors (Lipinski definition) is 2. The molecule has 2 N–H and O–H groups in total. The first-order valence-corrected chi connectivity index (χ1v) is 6.62. The molecular weight excluding hydrogens is 268 g/mol. The van der Waals surface area contributed by atoms with Crippen LogP contribution in [0.5, 0.6) is 0 Å². The highest BCUT2D eigenvalue weighted by molar-refractivity contribution is 5.76. The minimum atomic E-state index is -0.656. The minimum absolute atomic E-state index is 0.0675. The minimum Gasteiger partial charge on any atom is -0.466 e. The molecule has 20 heavy (non-hydrogen) atoms. The van der Waals surface area contributed by atoms with Gasteiger partial charge in [0.1, 0.15) is 0 Å². The number of esters is 1. The standard InChI is InChI=1S/C11H20N4O5/c1-2-20-10(16)9-3-7-14(8-4-9)11(17)12-5-6-13-15(18)19/h9,13H,2-8H2,1H3,(H,12,17). The largest absolute Gasteiger partial charge is 0.466 e. The van der Waals surface area contributed by atoms with E-state index in [1.807, 2.05) is 5.43 Å². The van der Waals surface area contributed by atoms with Crippen LogP contribution in [0.25, 0.3) is 0 Å². The first-order chi connectivity index (χ1) is 9.54. The van der Waals surface area contributed by atoms with Gasteiger partial charge in [-0.15, -0.1) is 5.43 Å². The van der Waals surface area contributed by atoms with Crippen molar-refractivity contribution in [3.63, 3.8) is 0 Å². The molecule has 0 saturated carbocycles. The Morgan fingerprint density at radius 3 is 2.55 bits per heavy atom. The van der Waals surface area contributed by atoms with Crippen molar-refractivity contribution in [2.45, 2.75) is 19.8 Å². The first kappa shape index (κ1) is 16.0. The Morgan fingerprint density at radius 1 is 1.35 bits per heavy atom. The van der Waals surface area contributed by atoms with E-state index in [1.165, 1.54) is 0 Å². The Kier molecular flexibility index (Phi) is 6.54. The smallest absolute Gasteiger partial charge is 0.317 e. The molecule has 1 saturated heterocycles. The van der Waals surface area contributed by atoms with E-state index >= 15 is 0 Å². The van der Waals surface area contributed by atoms with Gasteiger partial charge in [-0.2, -0.15) is 0 Å². The van der Waals surface area contributed by atoms with Crippen molar-refractivity contribution in [1.29, 1.82) is 0 Å². The number of ether oxygens (including phenoxy) is 1. The molecule has 114 valence electrons. The molecule has 0 bridgehead atoms. The highest BCUT2D eigenvalue weighted by atomic mass is 16.7. The third-order valence-corrected chi connectivity index (χ3v) is 3.04. The lowest BCUT2D eigenvalue weighted by atomic mass is 9.97. The molecule has 9 heteroatoms. The van der Waals surface area contributed by atoms with Gasteiger partial charge in [-0.3, -0.25) is 4.79 Å². The van der Waals surface area contributed by atoms with E-state index in [4.69, 9.17) is 4.74 Å². The summed E-state index contributed by atoms with van der Waals surface area (Å²) in [5.41, 5.74) is 1.97. The topological polar surface area (TPSA) is 114 Å². The zero-order chi connectivity index (χ0) is 15.0. The lowest BCUT2D eigenvalue weighted by Gasteiger charge is -2.30. The zero-order valence-corrected chi connectivity index (χ0v) is 11.5. The van der Waals surface area contributed by atoms with Crippen molar-refractivity contribution < 1.29 is 19.4 Å². The average molecular weight is 288 g/mol. The van der Waals surface area contributed by atoms with Crippen molar-refractivity contribution in [3.8, 4) is 0 Å². The molecule has 0 atom stereocenters. The fraction of sp³-hybridized carbons (Fsp3) is 0.818. The normalized spacial score (nSPS) is 15.6.